The molecule has 0 spiro atoms. The highest BCUT2D eigenvalue weighted by atomic mass is 19.1. The smallest absolute Gasteiger partial charge is 0.270 e. The Balaban J connectivity index is 2.30. The Labute approximate surface area is 122 Å². The van der Waals surface area contributed by atoms with Crippen LogP contribution < -0.4 is 0 Å². The Morgan fingerprint density at radius 1 is 1.43 bits per heavy atom. The molecule has 114 valence electrons. The molecule has 7 heteroatoms. The van der Waals surface area contributed by atoms with Crippen molar-refractivity contribution >= 4 is 11.6 Å². The maximum atomic E-state index is 13.9. The molecule has 1 aromatic carbocycles. The quantitative estimate of drug-likeness (QED) is 0.617. The van der Waals surface area contributed by atoms with Crippen molar-refractivity contribution in [3.63, 3.8) is 0 Å². The molecular formula is C14H18FN3O3. The Kier molecular flexibility index (Phi) is 4.52. The number of nitro benzene ring substituents is 1. The third kappa shape index (κ3) is 3.36. The van der Waals surface area contributed by atoms with Crippen LogP contribution >= 0.6 is 0 Å². The van der Waals surface area contributed by atoms with Crippen LogP contribution in [-0.4, -0.2) is 53.4 Å². The number of nitro groups is 1. The van der Waals surface area contributed by atoms with Gasteiger partial charge in [0.05, 0.1) is 10.5 Å². The molecule has 1 heterocycles. The summed E-state index contributed by atoms with van der Waals surface area (Å²) in [5.74, 6) is -1.21. The van der Waals surface area contributed by atoms with E-state index in [1.165, 1.54) is 0 Å². The first-order valence-electron chi connectivity index (χ1n) is 6.83. The summed E-state index contributed by atoms with van der Waals surface area (Å²) in [5, 5.41) is 10.8. The highest BCUT2D eigenvalue weighted by molar-refractivity contribution is 5.95. The second-order valence-corrected chi connectivity index (χ2v) is 5.38. The van der Waals surface area contributed by atoms with E-state index in [1.807, 2.05) is 14.0 Å². The fourth-order valence-corrected chi connectivity index (χ4v) is 2.62. The van der Waals surface area contributed by atoms with E-state index in [4.69, 9.17) is 0 Å². The summed E-state index contributed by atoms with van der Waals surface area (Å²) >= 11 is 0. The number of rotatable bonds is 2. The van der Waals surface area contributed by atoms with E-state index in [0.717, 1.165) is 31.2 Å². The molecule has 2 rings (SSSR count). The average molecular weight is 295 g/mol. The lowest BCUT2D eigenvalue weighted by atomic mass is 10.1. The normalized spacial score (nSPS) is 20.1. The first-order chi connectivity index (χ1) is 9.90. The summed E-state index contributed by atoms with van der Waals surface area (Å²) in [7, 11) is 1.97. The second kappa shape index (κ2) is 6.17. The number of likely N-dealkylation sites (N-methyl/N-ethyl adjacent to an activating group) is 1. The van der Waals surface area contributed by atoms with E-state index in [2.05, 4.69) is 4.90 Å². The van der Waals surface area contributed by atoms with E-state index < -0.39 is 16.6 Å². The van der Waals surface area contributed by atoms with E-state index in [0.29, 0.717) is 13.1 Å². The number of nitrogens with zero attached hydrogens (tertiary/aromatic N) is 3. The molecule has 1 aliphatic heterocycles. The van der Waals surface area contributed by atoms with Gasteiger partial charge in [0.2, 0.25) is 0 Å². The molecule has 6 nitrogen and oxygen atoms in total. The SMILES string of the molecule is CC1CN(C)CCCN1C(=O)c1cc([N+](=O)[O-])ccc1F. The molecule has 0 N–H and O–H groups in total. The molecule has 0 bridgehead atoms. The number of benzene rings is 1. The predicted molar refractivity (Wildman–Crippen MR) is 75.7 cm³/mol. The van der Waals surface area contributed by atoms with Gasteiger partial charge in [-0.3, -0.25) is 14.9 Å². The molecule has 1 atom stereocenters. The molecule has 0 saturated carbocycles. The third-order valence-electron chi connectivity index (χ3n) is 3.70. The minimum atomic E-state index is -0.726. The van der Waals surface area contributed by atoms with Crippen molar-refractivity contribution < 1.29 is 14.1 Å². The van der Waals surface area contributed by atoms with Gasteiger partial charge in [-0.1, -0.05) is 0 Å². The largest absolute Gasteiger partial charge is 0.335 e. The van der Waals surface area contributed by atoms with Crippen molar-refractivity contribution in [1.29, 1.82) is 0 Å². The number of carbonyl (C=O) groups excluding carboxylic acids is 1. The van der Waals surface area contributed by atoms with Crippen molar-refractivity contribution in [2.45, 2.75) is 19.4 Å². The zero-order chi connectivity index (χ0) is 15.6. The molecule has 0 aliphatic carbocycles. The number of amides is 1. The Bertz CT molecular complexity index is 564. The summed E-state index contributed by atoms with van der Waals surface area (Å²) in [6.07, 6.45) is 0.795. The fraction of sp³-hybridized carbons (Fsp3) is 0.500. The Morgan fingerprint density at radius 2 is 2.14 bits per heavy atom. The van der Waals surface area contributed by atoms with E-state index in [1.54, 1.807) is 4.90 Å². The van der Waals surface area contributed by atoms with Gasteiger partial charge in [0, 0.05) is 31.3 Å². The molecule has 0 aromatic heterocycles. The van der Waals surface area contributed by atoms with E-state index >= 15 is 0 Å². The van der Waals surface area contributed by atoms with Crippen LogP contribution in [0, 0.1) is 15.9 Å². The third-order valence-corrected chi connectivity index (χ3v) is 3.70. The molecule has 1 amide bonds. The zero-order valence-corrected chi connectivity index (χ0v) is 12.1. The maximum Gasteiger partial charge on any atom is 0.270 e. The van der Waals surface area contributed by atoms with Crippen molar-refractivity contribution in [1.82, 2.24) is 9.80 Å². The monoisotopic (exact) mass is 295 g/mol. The summed E-state index contributed by atoms with van der Waals surface area (Å²) < 4.78 is 13.9. The number of halogens is 1. The standard InChI is InChI=1S/C14H18FN3O3/c1-10-9-16(2)6-3-7-17(10)14(19)12-8-11(18(20)21)4-5-13(12)15/h4-5,8,10H,3,6-7,9H2,1-2H3. The Hall–Kier alpha value is -2.02. The van der Waals surface area contributed by atoms with Crippen molar-refractivity contribution in [3.05, 3.63) is 39.7 Å². The van der Waals surface area contributed by atoms with Crippen LogP contribution in [0.5, 0.6) is 0 Å². The van der Waals surface area contributed by atoms with Gasteiger partial charge < -0.3 is 9.80 Å². The predicted octanol–water partition coefficient (Wildman–Crippen LogP) is 1.90. The number of non-ortho nitro benzene ring substituents is 1. The van der Waals surface area contributed by atoms with Crippen LogP contribution in [0.4, 0.5) is 10.1 Å². The van der Waals surface area contributed by atoms with Crippen LogP contribution in [0.2, 0.25) is 0 Å². The highest BCUT2D eigenvalue weighted by Gasteiger charge is 2.27. The van der Waals surface area contributed by atoms with Crippen LogP contribution in [0.1, 0.15) is 23.7 Å². The van der Waals surface area contributed by atoms with Crippen LogP contribution in [0.3, 0.4) is 0 Å². The molecule has 21 heavy (non-hydrogen) atoms. The van der Waals surface area contributed by atoms with Crippen molar-refractivity contribution in [2.24, 2.45) is 0 Å². The topological polar surface area (TPSA) is 66.7 Å². The lowest BCUT2D eigenvalue weighted by Crippen LogP contribution is -2.42. The minimum Gasteiger partial charge on any atom is -0.335 e. The number of hydrogen-bond acceptors (Lipinski definition) is 4. The minimum absolute atomic E-state index is 0.0661. The zero-order valence-electron chi connectivity index (χ0n) is 12.1. The van der Waals surface area contributed by atoms with Crippen molar-refractivity contribution in [3.8, 4) is 0 Å². The molecule has 1 aliphatic rings. The van der Waals surface area contributed by atoms with Crippen LogP contribution in [-0.2, 0) is 0 Å². The molecule has 0 radical (unpaired) electrons. The first kappa shape index (κ1) is 15.4. The van der Waals surface area contributed by atoms with Crippen LogP contribution in [0.15, 0.2) is 18.2 Å². The van der Waals surface area contributed by atoms with Gasteiger partial charge in [-0.2, -0.15) is 0 Å². The summed E-state index contributed by atoms with van der Waals surface area (Å²) in [4.78, 5) is 26.4. The number of carbonyl (C=O) groups is 1. The molecule has 1 saturated heterocycles. The van der Waals surface area contributed by atoms with Gasteiger partial charge in [0.15, 0.2) is 0 Å². The van der Waals surface area contributed by atoms with Gasteiger partial charge in [-0.15, -0.1) is 0 Å². The maximum absolute atomic E-state index is 13.9. The van der Waals surface area contributed by atoms with Gasteiger partial charge in [-0.25, -0.2) is 4.39 Å². The van der Waals surface area contributed by atoms with Gasteiger partial charge in [0.25, 0.3) is 11.6 Å². The number of hydrogen-bond donors (Lipinski definition) is 0. The summed E-state index contributed by atoms with van der Waals surface area (Å²) in [5.41, 5.74) is -0.514. The first-order valence-corrected chi connectivity index (χ1v) is 6.83. The lowest BCUT2D eigenvalue weighted by molar-refractivity contribution is -0.384. The molecular weight excluding hydrogens is 277 g/mol. The lowest BCUT2D eigenvalue weighted by Gasteiger charge is -2.28. The Morgan fingerprint density at radius 3 is 2.81 bits per heavy atom. The highest BCUT2D eigenvalue weighted by Crippen LogP contribution is 2.20. The molecule has 1 unspecified atom stereocenters. The summed E-state index contributed by atoms with van der Waals surface area (Å²) in [6, 6.07) is 2.98. The molecule has 1 aromatic rings. The fourth-order valence-electron chi connectivity index (χ4n) is 2.62. The average Bonchev–Trinajstić information content (AvgIpc) is 2.58. The van der Waals surface area contributed by atoms with Gasteiger partial charge in [0.1, 0.15) is 5.82 Å². The second-order valence-electron chi connectivity index (χ2n) is 5.38. The van der Waals surface area contributed by atoms with E-state index in [-0.39, 0.29) is 17.3 Å². The molecule has 1 fully saturated rings. The van der Waals surface area contributed by atoms with Gasteiger partial charge >= 0.3 is 0 Å². The van der Waals surface area contributed by atoms with E-state index in [9.17, 15) is 19.3 Å². The summed E-state index contributed by atoms with van der Waals surface area (Å²) in [6.45, 7) is 3.98. The van der Waals surface area contributed by atoms with Gasteiger partial charge in [-0.05, 0) is 33.0 Å². The van der Waals surface area contributed by atoms with Crippen molar-refractivity contribution in [2.75, 3.05) is 26.7 Å². The van der Waals surface area contributed by atoms with Crippen LogP contribution in [0.25, 0.3) is 0 Å².